The van der Waals surface area contributed by atoms with E-state index in [0.29, 0.717) is 22.0 Å². The molecule has 4 amide bonds. The molecule has 9 nitrogen and oxygen atoms in total. The minimum Gasteiger partial charge on any atom is -0.497 e. The third-order valence-corrected chi connectivity index (χ3v) is 7.23. The normalized spacial score (nSPS) is 27.2. The van der Waals surface area contributed by atoms with Crippen LogP contribution in [0.4, 0.5) is 5.69 Å². The van der Waals surface area contributed by atoms with Crippen LogP contribution in [0.1, 0.15) is 23.1 Å². The van der Waals surface area contributed by atoms with Gasteiger partial charge in [-0.1, -0.05) is 29.8 Å². The summed E-state index contributed by atoms with van der Waals surface area (Å²) in [5.41, 5.74) is 6.35. The van der Waals surface area contributed by atoms with E-state index in [1.807, 2.05) is 6.92 Å². The third kappa shape index (κ3) is 3.11. The molecule has 3 aliphatic heterocycles. The maximum Gasteiger partial charge on any atom is 0.250 e. The predicted molar refractivity (Wildman–Crippen MR) is 123 cm³/mol. The number of ether oxygens (including phenoxy) is 1. The van der Waals surface area contributed by atoms with Crippen molar-refractivity contribution in [1.29, 1.82) is 0 Å². The van der Waals surface area contributed by atoms with Gasteiger partial charge in [0.25, 0.3) is 0 Å². The molecule has 1 spiro atoms. The Kier molecular flexibility index (Phi) is 5.14. The van der Waals surface area contributed by atoms with Crippen molar-refractivity contribution >= 4 is 40.9 Å². The number of benzene rings is 2. The van der Waals surface area contributed by atoms with Gasteiger partial charge in [0.1, 0.15) is 11.3 Å². The molecule has 0 bridgehead atoms. The summed E-state index contributed by atoms with van der Waals surface area (Å²) >= 11 is 6.40. The van der Waals surface area contributed by atoms with E-state index in [1.165, 1.54) is 0 Å². The van der Waals surface area contributed by atoms with Gasteiger partial charge in [0, 0.05) is 18.0 Å². The maximum absolute atomic E-state index is 13.8. The molecule has 3 heterocycles. The first-order chi connectivity index (χ1) is 16.2. The Bertz CT molecular complexity index is 1250. The number of hydrogen-bond donors (Lipinski definition) is 3. The van der Waals surface area contributed by atoms with Gasteiger partial charge in [-0.3, -0.25) is 29.4 Å². The molecule has 4 atom stereocenters. The van der Waals surface area contributed by atoms with Crippen LogP contribution in [0.3, 0.4) is 0 Å². The van der Waals surface area contributed by atoms with Crippen LogP contribution in [-0.2, 0) is 31.3 Å². The number of aryl methyl sites for hydroxylation is 1. The summed E-state index contributed by atoms with van der Waals surface area (Å²) in [5, 5.41) is 6.28. The lowest BCUT2D eigenvalue weighted by molar-refractivity contribution is -0.143. The molecular formula is C24H23ClN4O5. The SMILES string of the molecule is COc1ccc(CN2C(=O)[C@@H]3[C@H](CC(N)=O)N[C@]4(C(=O)Nc5c(Cl)cc(C)cc54)[C@H]3C2=O)cc1. The first-order valence-electron chi connectivity index (χ1n) is 10.8. The van der Waals surface area contributed by atoms with Gasteiger partial charge < -0.3 is 15.8 Å². The number of likely N-dealkylation sites (tertiary alicyclic amines) is 1. The van der Waals surface area contributed by atoms with E-state index in [2.05, 4.69) is 10.6 Å². The Morgan fingerprint density at radius 2 is 1.88 bits per heavy atom. The molecule has 5 rings (SSSR count). The molecule has 4 N–H and O–H groups in total. The van der Waals surface area contributed by atoms with Crippen molar-refractivity contribution in [2.24, 2.45) is 17.6 Å². The van der Waals surface area contributed by atoms with Crippen molar-refractivity contribution in [2.45, 2.75) is 31.5 Å². The fourth-order valence-corrected chi connectivity index (χ4v) is 5.84. The number of halogens is 1. The Balaban J connectivity index is 1.59. The van der Waals surface area contributed by atoms with E-state index in [4.69, 9.17) is 22.1 Å². The fraction of sp³-hybridized carbons (Fsp3) is 0.333. The number of rotatable bonds is 5. The zero-order valence-electron chi connectivity index (χ0n) is 18.6. The smallest absolute Gasteiger partial charge is 0.250 e. The van der Waals surface area contributed by atoms with E-state index in [0.717, 1.165) is 16.0 Å². The van der Waals surface area contributed by atoms with Crippen molar-refractivity contribution in [3.05, 3.63) is 58.1 Å². The first-order valence-corrected chi connectivity index (χ1v) is 11.2. The predicted octanol–water partition coefficient (Wildman–Crippen LogP) is 1.45. The van der Waals surface area contributed by atoms with Crippen LogP contribution in [-0.4, -0.2) is 41.7 Å². The summed E-state index contributed by atoms with van der Waals surface area (Å²) in [4.78, 5) is 53.7. The fourth-order valence-electron chi connectivity index (χ4n) is 5.51. The molecule has 0 aromatic heterocycles. The van der Waals surface area contributed by atoms with Gasteiger partial charge in [0.15, 0.2) is 0 Å². The van der Waals surface area contributed by atoms with Crippen molar-refractivity contribution in [3.8, 4) is 5.75 Å². The summed E-state index contributed by atoms with van der Waals surface area (Å²) < 4.78 is 5.17. The molecule has 10 heteroatoms. The van der Waals surface area contributed by atoms with Gasteiger partial charge in [-0.15, -0.1) is 0 Å². The molecule has 176 valence electrons. The molecular weight excluding hydrogens is 460 g/mol. The topological polar surface area (TPSA) is 131 Å². The molecule has 34 heavy (non-hydrogen) atoms. The second kappa shape index (κ2) is 7.82. The number of fused-ring (bicyclic) bond motifs is 4. The molecule has 0 radical (unpaired) electrons. The summed E-state index contributed by atoms with van der Waals surface area (Å²) in [5.74, 6) is -3.35. The molecule has 2 saturated heterocycles. The highest BCUT2D eigenvalue weighted by Crippen LogP contribution is 2.54. The zero-order valence-corrected chi connectivity index (χ0v) is 19.3. The van der Waals surface area contributed by atoms with Crippen LogP contribution in [0.15, 0.2) is 36.4 Å². The minimum absolute atomic E-state index is 0.0388. The molecule has 2 aromatic rings. The summed E-state index contributed by atoms with van der Waals surface area (Å²) in [6.07, 6.45) is -0.194. The van der Waals surface area contributed by atoms with Crippen molar-refractivity contribution in [1.82, 2.24) is 10.2 Å². The van der Waals surface area contributed by atoms with Gasteiger partial charge in [-0.2, -0.15) is 0 Å². The first kappa shape index (κ1) is 22.4. The number of carbonyl (C=O) groups is 4. The van der Waals surface area contributed by atoms with Crippen molar-refractivity contribution in [2.75, 3.05) is 12.4 Å². The third-order valence-electron chi connectivity index (χ3n) is 6.93. The number of primary amides is 1. The van der Waals surface area contributed by atoms with E-state index >= 15 is 0 Å². The highest BCUT2D eigenvalue weighted by molar-refractivity contribution is 6.35. The number of amides is 4. The lowest BCUT2D eigenvalue weighted by Crippen LogP contribution is -2.53. The van der Waals surface area contributed by atoms with Crippen LogP contribution in [0.25, 0.3) is 0 Å². The monoisotopic (exact) mass is 482 g/mol. The molecule has 0 saturated carbocycles. The Hall–Kier alpha value is -3.43. The quantitative estimate of drug-likeness (QED) is 0.553. The van der Waals surface area contributed by atoms with Gasteiger partial charge >= 0.3 is 0 Å². The number of hydrogen-bond acceptors (Lipinski definition) is 6. The molecule has 2 aromatic carbocycles. The second-order valence-corrected chi connectivity index (χ2v) is 9.37. The van der Waals surface area contributed by atoms with E-state index in [9.17, 15) is 19.2 Å². The highest BCUT2D eigenvalue weighted by Gasteiger charge is 2.70. The highest BCUT2D eigenvalue weighted by atomic mass is 35.5. The minimum atomic E-state index is -1.53. The number of nitrogens with two attached hydrogens (primary N) is 1. The average molecular weight is 483 g/mol. The second-order valence-electron chi connectivity index (χ2n) is 8.97. The Morgan fingerprint density at radius 1 is 1.18 bits per heavy atom. The van der Waals surface area contributed by atoms with Gasteiger partial charge in [0.2, 0.25) is 23.6 Å². The summed E-state index contributed by atoms with van der Waals surface area (Å²) in [6, 6.07) is 9.73. The van der Waals surface area contributed by atoms with Crippen molar-refractivity contribution in [3.63, 3.8) is 0 Å². The van der Waals surface area contributed by atoms with E-state index in [-0.39, 0.29) is 13.0 Å². The Morgan fingerprint density at radius 3 is 2.53 bits per heavy atom. The van der Waals surface area contributed by atoms with Crippen molar-refractivity contribution < 1.29 is 23.9 Å². The Labute approximate surface area is 200 Å². The number of methoxy groups -OCH3 is 1. The van der Waals surface area contributed by atoms with Crippen LogP contribution < -0.4 is 21.1 Å². The molecule has 0 unspecified atom stereocenters. The van der Waals surface area contributed by atoms with Gasteiger partial charge in [-0.25, -0.2) is 0 Å². The number of carbonyl (C=O) groups excluding carboxylic acids is 4. The van der Waals surface area contributed by atoms with E-state index in [1.54, 1.807) is 43.5 Å². The lowest BCUT2D eigenvalue weighted by Gasteiger charge is -2.29. The number of nitrogens with one attached hydrogen (secondary N) is 2. The van der Waals surface area contributed by atoms with Crippen LogP contribution >= 0.6 is 11.6 Å². The van der Waals surface area contributed by atoms with Crippen LogP contribution in [0.2, 0.25) is 5.02 Å². The van der Waals surface area contributed by atoms with Gasteiger partial charge in [0.05, 0.1) is 36.2 Å². The summed E-state index contributed by atoms with van der Waals surface area (Å²) in [6.45, 7) is 1.87. The standard InChI is InChI=1S/C24H23ClN4O5/c1-11-7-14-20(15(25)8-11)27-23(33)24(14)19-18(16(28-24)9-17(26)30)21(31)29(22(19)32)10-12-3-5-13(34-2)6-4-12/h3-8,16,18-19,28H,9-10H2,1-2H3,(H2,26,30)(H,27,33)/t16-,18+,19+,24-/m0/s1. The largest absolute Gasteiger partial charge is 0.497 e. The van der Waals surface area contributed by atoms with Gasteiger partial charge in [-0.05, 0) is 36.2 Å². The number of imide groups is 1. The van der Waals surface area contributed by atoms with E-state index < -0.39 is 47.0 Å². The van der Waals surface area contributed by atoms with Crippen LogP contribution in [0, 0.1) is 18.8 Å². The van der Waals surface area contributed by atoms with Crippen LogP contribution in [0.5, 0.6) is 5.75 Å². The number of anilines is 1. The maximum atomic E-state index is 13.8. The number of nitrogens with zero attached hydrogens (tertiary/aromatic N) is 1. The molecule has 2 fully saturated rings. The lowest BCUT2D eigenvalue weighted by atomic mass is 9.76. The average Bonchev–Trinajstić information content (AvgIpc) is 3.35. The zero-order chi connectivity index (χ0) is 24.4. The molecule has 3 aliphatic rings. The molecule has 0 aliphatic carbocycles. The summed E-state index contributed by atoms with van der Waals surface area (Å²) in [7, 11) is 1.55.